The molecule has 2 aromatic rings. The second kappa shape index (κ2) is 9.24. The molecule has 0 radical (unpaired) electrons. The van der Waals surface area contributed by atoms with Crippen LogP contribution in [0.25, 0.3) is 11.5 Å². The summed E-state index contributed by atoms with van der Waals surface area (Å²) in [6.45, 7) is 6.57. The maximum absolute atomic E-state index is 5.63. The molecule has 0 bridgehead atoms. The first kappa shape index (κ1) is 19.0. The van der Waals surface area contributed by atoms with Gasteiger partial charge in [-0.1, -0.05) is 24.6 Å². The van der Waals surface area contributed by atoms with Gasteiger partial charge in [-0.25, -0.2) is 4.98 Å². The SMILES string of the molecule is CN=C(NCc1coc(-c2ccccc2)n1)N1CCC(CN2CCCCC2)C1. The molecule has 2 fully saturated rings. The minimum atomic E-state index is 0.621. The first-order valence-corrected chi connectivity index (χ1v) is 10.5. The zero-order valence-electron chi connectivity index (χ0n) is 16.8. The van der Waals surface area contributed by atoms with E-state index in [9.17, 15) is 0 Å². The van der Waals surface area contributed by atoms with Crippen molar-refractivity contribution >= 4 is 5.96 Å². The average molecular weight is 382 g/mol. The zero-order valence-corrected chi connectivity index (χ0v) is 16.8. The third-order valence-corrected chi connectivity index (χ3v) is 5.76. The number of hydrogen-bond donors (Lipinski definition) is 1. The first-order chi connectivity index (χ1) is 13.8. The van der Waals surface area contributed by atoms with Gasteiger partial charge in [-0.05, 0) is 50.4 Å². The van der Waals surface area contributed by atoms with E-state index in [4.69, 9.17) is 4.42 Å². The van der Waals surface area contributed by atoms with Gasteiger partial charge in [-0.3, -0.25) is 4.99 Å². The molecule has 6 nitrogen and oxygen atoms in total. The molecule has 1 aromatic heterocycles. The average Bonchev–Trinajstić information content (AvgIpc) is 3.40. The summed E-state index contributed by atoms with van der Waals surface area (Å²) in [4.78, 5) is 14.1. The summed E-state index contributed by atoms with van der Waals surface area (Å²) in [6, 6.07) is 10.00. The molecule has 1 atom stereocenters. The predicted molar refractivity (Wildman–Crippen MR) is 112 cm³/mol. The highest BCUT2D eigenvalue weighted by atomic mass is 16.3. The molecule has 4 rings (SSSR count). The van der Waals surface area contributed by atoms with E-state index >= 15 is 0 Å². The second-order valence-electron chi connectivity index (χ2n) is 7.87. The molecule has 1 unspecified atom stereocenters. The Morgan fingerprint density at radius 1 is 1.18 bits per heavy atom. The molecule has 6 heteroatoms. The molecule has 28 heavy (non-hydrogen) atoms. The first-order valence-electron chi connectivity index (χ1n) is 10.5. The van der Waals surface area contributed by atoms with Crippen molar-refractivity contribution in [3.63, 3.8) is 0 Å². The Morgan fingerprint density at radius 2 is 2.00 bits per heavy atom. The molecule has 3 heterocycles. The van der Waals surface area contributed by atoms with Crippen LogP contribution in [0, 0.1) is 5.92 Å². The van der Waals surface area contributed by atoms with Gasteiger partial charge in [-0.2, -0.15) is 0 Å². The summed E-state index contributed by atoms with van der Waals surface area (Å²) in [5.41, 5.74) is 1.89. The van der Waals surface area contributed by atoms with Crippen molar-refractivity contribution in [2.24, 2.45) is 10.9 Å². The van der Waals surface area contributed by atoms with E-state index in [1.807, 2.05) is 37.4 Å². The summed E-state index contributed by atoms with van der Waals surface area (Å²) < 4.78 is 5.63. The highest BCUT2D eigenvalue weighted by molar-refractivity contribution is 5.80. The van der Waals surface area contributed by atoms with Crippen molar-refractivity contribution < 1.29 is 4.42 Å². The standard InChI is InChI=1S/C22H31N5O/c1-23-22(27-13-10-18(16-27)15-26-11-6-3-7-12-26)24-14-20-17-28-21(25-20)19-8-4-2-5-9-19/h2,4-5,8-9,17-18H,3,6-7,10-16H2,1H3,(H,23,24). The van der Waals surface area contributed by atoms with E-state index in [0.717, 1.165) is 36.2 Å². The molecule has 2 saturated heterocycles. The number of benzene rings is 1. The van der Waals surface area contributed by atoms with Gasteiger partial charge in [-0.15, -0.1) is 0 Å². The third kappa shape index (κ3) is 4.73. The molecule has 1 N–H and O–H groups in total. The summed E-state index contributed by atoms with van der Waals surface area (Å²) in [7, 11) is 1.86. The lowest BCUT2D eigenvalue weighted by Crippen LogP contribution is -2.41. The summed E-state index contributed by atoms with van der Waals surface area (Å²) in [5.74, 6) is 2.37. The van der Waals surface area contributed by atoms with E-state index in [1.165, 1.54) is 45.3 Å². The van der Waals surface area contributed by atoms with Crippen molar-refractivity contribution in [1.82, 2.24) is 20.1 Å². The predicted octanol–water partition coefficient (Wildman–Crippen LogP) is 3.22. The van der Waals surface area contributed by atoms with Crippen LogP contribution in [0.15, 0.2) is 46.0 Å². The van der Waals surface area contributed by atoms with Gasteiger partial charge < -0.3 is 19.5 Å². The van der Waals surface area contributed by atoms with Crippen LogP contribution >= 0.6 is 0 Å². The van der Waals surface area contributed by atoms with Crippen LogP contribution < -0.4 is 5.32 Å². The number of guanidine groups is 1. The van der Waals surface area contributed by atoms with Gasteiger partial charge in [0.15, 0.2) is 5.96 Å². The largest absolute Gasteiger partial charge is 0.444 e. The molecular formula is C22H31N5O. The van der Waals surface area contributed by atoms with Crippen LogP contribution in [0.5, 0.6) is 0 Å². The molecule has 2 aliphatic rings. The van der Waals surface area contributed by atoms with Gasteiger partial charge in [0, 0.05) is 32.2 Å². The van der Waals surface area contributed by atoms with Crippen LogP contribution in [0.3, 0.4) is 0 Å². The lowest BCUT2D eigenvalue weighted by atomic mass is 10.1. The van der Waals surface area contributed by atoms with Crippen LogP contribution in [0.4, 0.5) is 0 Å². The van der Waals surface area contributed by atoms with Crippen LogP contribution in [0.2, 0.25) is 0 Å². The number of aliphatic imine (C=N–C) groups is 1. The number of oxazole rings is 1. The molecule has 1 aromatic carbocycles. The highest BCUT2D eigenvalue weighted by Gasteiger charge is 2.27. The lowest BCUT2D eigenvalue weighted by Gasteiger charge is -2.29. The molecule has 0 aliphatic carbocycles. The Balaban J connectivity index is 1.28. The Kier molecular flexibility index (Phi) is 6.27. The van der Waals surface area contributed by atoms with Gasteiger partial charge in [0.25, 0.3) is 0 Å². The summed E-state index contributed by atoms with van der Waals surface area (Å²) in [5, 5.41) is 3.46. The van der Waals surface area contributed by atoms with Gasteiger partial charge in [0.05, 0.1) is 12.2 Å². The molecule has 150 valence electrons. The van der Waals surface area contributed by atoms with Gasteiger partial charge in [0.1, 0.15) is 6.26 Å². The Morgan fingerprint density at radius 3 is 2.79 bits per heavy atom. The van der Waals surface area contributed by atoms with Crippen LogP contribution in [0.1, 0.15) is 31.4 Å². The maximum Gasteiger partial charge on any atom is 0.226 e. The van der Waals surface area contributed by atoms with E-state index in [0.29, 0.717) is 12.4 Å². The van der Waals surface area contributed by atoms with Crippen LogP contribution in [-0.2, 0) is 6.54 Å². The zero-order chi connectivity index (χ0) is 19.2. The van der Waals surface area contributed by atoms with Crippen LogP contribution in [-0.4, -0.2) is 60.5 Å². The third-order valence-electron chi connectivity index (χ3n) is 5.76. The van der Waals surface area contributed by atoms with Crippen molar-refractivity contribution in [3.05, 3.63) is 42.3 Å². The molecule has 2 aliphatic heterocycles. The fourth-order valence-electron chi connectivity index (χ4n) is 4.28. The van der Waals surface area contributed by atoms with Crippen molar-refractivity contribution in [2.45, 2.75) is 32.2 Å². The molecule has 0 saturated carbocycles. The lowest BCUT2D eigenvalue weighted by molar-refractivity contribution is 0.198. The van der Waals surface area contributed by atoms with Gasteiger partial charge >= 0.3 is 0 Å². The fraction of sp³-hybridized carbons (Fsp3) is 0.545. The van der Waals surface area contributed by atoms with Crippen molar-refractivity contribution in [1.29, 1.82) is 0 Å². The minimum Gasteiger partial charge on any atom is -0.444 e. The number of nitrogens with zero attached hydrogens (tertiary/aromatic N) is 4. The smallest absolute Gasteiger partial charge is 0.226 e. The normalized spacial score (nSPS) is 21.2. The Bertz CT molecular complexity index is 766. The molecule has 0 amide bonds. The Hall–Kier alpha value is -2.34. The summed E-state index contributed by atoms with van der Waals surface area (Å²) in [6.07, 6.45) is 7.10. The van der Waals surface area contributed by atoms with Crippen molar-refractivity contribution in [2.75, 3.05) is 39.8 Å². The molecular weight excluding hydrogens is 350 g/mol. The summed E-state index contributed by atoms with van der Waals surface area (Å²) >= 11 is 0. The second-order valence-corrected chi connectivity index (χ2v) is 7.87. The highest BCUT2D eigenvalue weighted by Crippen LogP contribution is 2.20. The minimum absolute atomic E-state index is 0.621. The molecule has 0 spiro atoms. The van der Waals surface area contributed by atoms with E-state index in [1.54, 1.807) is 6.26 Å². The number of aromatic nitrogens is 1. The number of piperidine rings is 1. The topological polar surface area (TPSA) is 56.9 Å². The van der Waals surface area contributed by atoms with E-state index < -0.39 is 0 Å². The quantitative estimate of drug-likeness (QED) is 0.637. The number of rotatable bonds is 5. The number of likely N-dealkylation sites (tertiary alicyclic amines) is 2. The van der Waals surface area contributed by atoms with Crippen molar-refractivity contribution in [3.8, 4) is 11.5 Å². The van der Waals surface area contributed by atoms with E-state index in [-0.39, 0.29) is 0 Å². The van der Waals surface area contributed by atoms with Gasteiger partial charge in [0.2, 0.25) is 5.89 Å². The monoisotopic (exact) mass is 381 g/mol. The number of nitrogens with one attached hydrogen (secondary N) is 1. The fourth-order valence-corrected chi connectivity index (χ4v) is 4.28. The Labute approximate surface area is 167 Å². The number of hydrogen-bond acceptors (Lipinski definition) is 4. The van der Waals surface area contributed by atoms with E-state index in [2.05, 4.69) is 25.1 Å². The maximum atomic E-state index is 5.63.